The zero-order chi connectivity index (χ0) is 12.4. The molecule has 0 aliphatic heterocycles. The van der Waals surface area contributed by atoms with Crippen molar-refractivity contribution < 1.29 is 8.42 Å². The summed E-state index contributed by atoms with van der Waals surface area (Å²) in [5, 5.41) is 6.14. The van der Waals surface area contributed by atoms with E-state index in [1.165, 1.54) is 18.7 Å². The van der Waals surface area contributed by atoms with Crippen LogP contribution in [0.25, 0.3) is 0 Å². The summed E-state index contributed by atoms with van der Waals surface area (Å²) in [4.78, 5) is 0. The summed E-state index contributed by atoms with van der Waals surface area (Å²) in [6.45, 7) is 0.286. The van der Waals surface area contributed by atoms with Crippen molar-refractivity contribution in [3.8, 4) is 0 Å². The maximum Gasteiger partial charge on any atom is 0.257 e. The first kappa shape index (κ1) is 12.5. The predicted molar refractivity (Wildman–Crippen MR) is 63.8 cm³/mol. The third-order valence-corrected chi connectivity index (χ3v) is 4.56. The van der Waals surface area contributed by atoms with Crippen molar-refractivity contribution in [2.24, 2.45) is 5.73 Å². The van der Waals surface area contributed by atoms with Gasteiger partial charge in [0, 0.05) is 12.1 Å². The molecule has 1 aromatic rings. The summed E-state index contributed by atoms with van der Waals surface area (Å²) in [5.74, 6) is 0. The smallest absolute Gasteiger partial charge is 0.257 e. The first-order chi connectivity index (χ1) is 8.02. The molecule has 0 amide bonds. The van der Waals surface area contributed by atoms with Gasteiger partial charge in [-0.15, -0.1) is 0 Å². The number of nitrogens with two attached hydrogens (primary N) is 1. The number of nitrogens with one attached hydrogen (secondary N) is 2. The number of aromatic amines is 1. The molecule has 0 spiro atoms. The highest BCUT2D eigenvalue weighted by Crippen LogP contribution is 2.25. The van der Waals surface area contributed by atoms with Crippen LogP contribution in [0.2, 0.25) is 0 Å². The van der Waals surface area contributed by atoms with Crippen molar-refractivity contribution in [1.82, 2.24) is 14.9 Å². The molecule has 96 valence electrons. The van der Waals surface area contributed by atoms with Crippen LogP contribution in [0.1, 0.15) is 32.1 Å². The summed E-state index contributed by atoms with van der Waals surface area (Å²) in [5.41, 5.74) is 5.77. The van der Waals surface area contributed by atoms with Gasteiger partial charge in [0.25, 0.3) is 10.0 Å². The zero-order valence-electron chi connectivity index (χ0n) is 9.65. The topological polar surface area (TPSA) is 101 Å². The van der Waals surface area contributed by atoms with E-state index in [4.69, 9.17) is 5.73 Å². The Bertz CT molecular complexity index is 449. The standard InChI is InChI=1S/C10H18N4O2S/c11-10(5-2-1-3-6-10)8-13-17(15,16)9-4-7-12-14-9/h4,7,13H,1-3,5-6,8,11H2,(H,12,14). The first-order valence-corrected chi connectivity index (χ1v) is 7.28. The molecule has 0 atom stereocenters. The van der Waals surface area contributed by atoms with E-state index >= 15 is 0 Å². The predicted octanol–water partition coefficient (Wildman–Crippen LogP) is 0.350. The molecule has 0 aromatic carbocycles. The van der Waals surface area contributed by atoms with Gasteiger partial charge in [-0.3, -0.25) is 5.10 Å². The van der Waals surface area contributed by atoms with Crippen LogP contribution in [0.4, 0.5) is 0 Å². The van der Waals surface area contributed by atoms with Crippen molar-refractivity contribution in [3.63, 3.8) is 0 Å². The SMILES string of the molecule is NC1(CNS(=O)(=O)c2ccn[nH]2)CCCCC1. The number of hydrogen-bond donors (Lipinski definition) is 3. The van der Waals surface area contributed by atoms with Gasteiger partial charge in [0.15, 0.2) is 5.03 Å². The Labute approximate surface area is 101 Å². The quantitative estimate of drug-likeness (QED) is 0.725. The molecule has 1 aliphatic carbocycles. The Morgan fingerprint density at radius 1 is 1.41 bits per heavy atom. The zero-order valence-corrected chi connectivity index (χ0v) is 10.5. The lowest BCUT2D eigenvalue weighted by Crippen LogP contribution is -2.51. The van der Waals surface area contributed by atoms with Gasteiger partial charge in [0.2, 0.25) is 0 Å². The van der Waals surface area contributed by atoms with Crippen LogP contribution in [0.5, 0.6) is 0 Å². The van der Waals surface area contributed by atoms with Crippen LogP contribution in [0.3, 0.4) is 0 Å². The largest absolute Gasteiger partial charge is 0.324 e. The summed E-state index contributed by atoms with van der Waals surface area (Å²) >= 11 is 0. The highest BCUT2D eigenvalue weighted by molar-refractivity contribution is 7.89. The fraction of sp³-hybridized carbons (Fsp3) is 0.700. The van der Waals surface area contributed by atoms with E-state index in [0.717, 1.165) is 25.7 Å². The number of H-pyrrole nitrogens is 1. The van der Waals surface area contributed by atoms with E-state index in [-0.39, 0.29) is 11.6 Å². The van der Waals surface area contributed by atoms with Crippen LogP contribution in [-0.2, 0) is 10.0 Å². The van der Waals surface area contributed by atoms with Gasteiger partial charge in [-0.25, -0.2) is 13.1 Å². The molecule has 2 rings (SSSR count). The van der Waals surface area contributed by atoms with Crippen LogP contribution in [0, 0.1) is 0 Å². The first-order valence-electron chi connectivity index (χ1n) is 5.80. The third kappa shape index (κ3) is 3.05. The molecule has 0 unspecified atom stereocenters. The van der Waals surface area contributed by atoms with Gasteiger partial charge < -0.3 is 5.73 Å². The Hall–Kier alpha value is -0.920. The number of hydrogen-bond acceptors (Lipinski definition) is 4. The maximum atomic E-state index is 11.8. The molecule has 7 heteroatoms. The molecule has 17 heavy (non-hydrogen) atoms. The lowest BCUT2D eigenvalue weighted by atomic mass is 9.83. The van der Waals surface area contributed by atoms with Crippen molar-refractivity contribution in [3.05, 3.63) is 12.3 Å². The molecule has 6 nitrogen and oxygen atoms in total. The minimum absolute atomic E-state index is 0.0805. The fourth-order valence-electron chi connectivity index (χ4n) is 2.14. The van der Waals surface area contributed by atoms with Gasteiger partial charge in [-0.1, -0.05) is 19.3 Å². The molecule has 0 saturated heterocycles. The highest BCUT2D eigenvalue weighted by Gasteiger charge is 2.29. The summed E-state index contributed by atoms with van der Waals surface area (Å²) in [6.07, 6.45) is 6.49. The average molecular weight is 258 g/mol. The molecule has 1 heterocycles. The van der Waals surface area contributed by atoms with E-state index in [9.17, 15) is 8.42 Å². The molecule has 0 radical (unpaired) electrons. The molecule has 1 fully saturated rings. The Morgan fingerprint density at radius 3 is 2.71 bits per heavy atom. The minimum Gasteiger partial charge on any atom is -0.324 e. The second kappa shape index (κ2) is 4.75. The molecule has 1 aliphatic rings. The normalized spacial score (nSPS) is 20.3. The lowest BCUT2D eigenvalue weighted by Gasteiger charge is -2.33. The van der Waals surface area contributed by atoms with E-state index < -0.39 is 15.6 Å². The van der Waals surface area contributed by atoms with Gasteiger partial charge in [0.1, 0.15) is 0 Å². The van der Waals surface area contributed by atoms with Crippen molar-refractivity contribution in [2.45, 2.75) is 42.7 Å². The van der Waals surface area contributed by atoms with Crippen molar-refractivity contribution in [2.75, 3.05) is 6.54 Å². The van der Waals surface area contributed by atoms with E-state index in [0.29, 0.717) is 0 Å². The van der Waals surface area contributed by atoms with Crippen LogP contribution < -0.4 is 10.5 Å². The summed E-state index contributed by atoms with van der Waals surface area (Å²) in [7, 11) is -3.50. The summed E-state index contributed by atoms with van der Waals surface area (Å²) in [6, 6.07) is 1.42. The number of aromatic nitrogens is 2. The second-order valence-electron chi connectivity index (χ2n) is 4.67. The fourth-order valence-corrected chi connectivity index (χ4v) is 3.19. The van der Waals surface area contributed by atoms with Crippen LogP contribution in [0.15, 0.2) is 17.3 Å². The minimum atomic E-state index is -3.50. The Morgan fingerprint density at radius 2 is 2.12 bits per heavy atom. The Kier molecular flexibility index (Phi) is 3.50. The van der Waals surface area contributed by atoms with E-state index in [1.807, 2.05) is 0 Å². The lowest BCUT2D eigenvalue weighted by molar-refractivity contribution is 0.296. The number of nitrogens with zero attached hydrogens (tertiary/aromatic N) is 1. The monoisotopic (exact) mass is 258 g/mol. The van der Waals surface area contributed by atoms with Crippen molar-refractivity contribution in [1.29, 1.82) is 0 Å². The van der Waals surface area contributed by atoms with Gasteiger partial charge in [0.05, 0.1) is 6.20 Å². The molecule has 0 bridgehead atoms. The summed E-state index contributed by atoms with van der Waals surface area (Å²) < 4.78 is 26.2. The van der Waals surface area contributed by atoms with Gasteiger partial charge >= 0.3 is 0 Å². The van der Waals surface area contributed by atoms with Crippen molar-refractivity contribution >= 4 is 10.0 Å². The van der Waals surface area contributed by atoms with Gasteiger partial charge in [-0.2, -0.15) is 5.10 Å². The molecule has 1 aromatic heterocycles. The van der Waals surface area contributed by atoms with Crippen LogP contribution >= 0.6 is 0 Å². The molecule has 1 saturated carbocycles. The second-order valence-corrected chi connectivity index (χ2v) is 6.40. The third-order valence-electron chi connectivity index (χ3n) is 3.23. The number of sulfonamides is 1. The van der Waals surface area contributed by atoms with E-state index in [1.54, 1.807) is 0 Å². The Balaban J connectivity index is 1.98. The average Bonchev–Trinajstić information content (AvgIpc) is 2.82. The van der Waals surface area contributed by atoms with Gasteiger partial charge in [-0.05, 0) is 18.9 Å². The molecule has 4 N–H and O–H groups in total. The van der Waals surface area contributed by atoms with E-state index in [2.05, 4.69) is 14.9 Å². The molecular formula is C10H18N4O2S. The number of rotatable bonds is 4. The highest BCUT2D eigenvalue weighted by atomic mass is 32.2. The van der Waals surface area contributed by atoms with Crippen LogP contribution in [-0.4, -0.2) is 30.7 Å². The maximum absolute atomic E-state index is 11.8. The molecular weight excluding hydrogens is 240 g/mol.